The average molecular weight is 310 g/mol. The number of ether oxygens (including phenoxy) is 1. The van der Waals surface area contributed by atoms with Gasteiger partial charge in [0.05, 0.1) is 6.61 Å². The van der Waals surface area contributed by atoms with Crippen LogP contribution in [0.5, 0.6) is 0 Å². The molecule has 82 valence electrons. The van der Waals surface area contributed by atoms with Gasteiger partial charge in [-0.25, -0.2) is 4.79 Å². The molecule has 3 heteroatoms. The van der Waals surface area contributed by atoms with E-state index in [4.69, 9.17) is 4.74 Å². The lowest BCUT2D eigenvalue weighted by molar-refractivity contribution is -0.137. The fourth-order valence-electron chi connectivity index (χ4n) is 1.08. The summed E-state index contributed by atoms with van der Waals surface area (Å²) in [5, 5.41) is 0. The van der Waals surface area contributed by atoms with Crippen molar-refractivity contribution >= 4 is 28.6 Å². The third-order valence-electron chi connectivity index (χ3n) is 1.79. The summed E-state index contributed by atoms with van der Waals surface area (Å²) in [6, 6.07) is 0. The van der Waals surface area contributed by atoms with Crippen LogP contribution in [0.4, 0.5) is 0 Å². The molecule has 0 spiro atoms. The Bertz CT molecular complexity index is 167. The second-order valence-electron chi connectivity index (χ2n) is 3.05. The minimum atomic E-state index is -0.222. The van der Waals surface area contributed by atoms with E-state index >= 15 is 0 Å². The number of carbonyl (C=O) groups is 1. The molecular formula is C11H19IO2. The van der Waals surface area contributed by atoms with Gasteiger partial charge in [-0.2, -0.15) is 0 Å². The summed E-state index contributed by atoms with van der Waals surface area (Å²) >= 11 is 2.40. The van der Waals surface area contributed by atoms with E-state index in [1.54, 1.807) is 0 Å². The largest absolute Gasteiger partial charge is 0.463 e. The fourth-order valence-corrected chi connectivity index (χ4v) is 1.62. The molecule has 0 aliphatic heterocycles. The molecule has 0 bridgehead atoms. The van der Waals surface area contributed by atoms with E-state index < -0.39 is 0 Å². The Balaban J connectivity index is 3.22. The van der Waals surface area contributed by atoms with Crippen LogP contribution in [0.25, 0.3) is 0 Å². The molecule has 0 heterocycles. The van der Waals surface area contributed by atoms with E-state index in [1.165, 1.54) is 36.2 Å². The second kappa shape index (κ2) is 11.0. The standard InChI is InChI=1S/C11H19IO2/c1-2-14-11(13)9-7-5-3-4-6-8-10-12/h7,9H,2-6,8,10H2,1H3/b9-7+. The van der Waals surface area contributed by atoms with Gasteiger partial charge >= 0.3 is 5.97 Å². The number of allylic oxidation sites excluding steroid dienone is 1. The van der Waals surface area contributed by atoms with E-state index in [0.29, 0.717) is 6.61 Å². The number of rotatable bonds is 8. The lowest BCUT2D eigenvalue weighted by Gasteiger charge is -1.96. The van der Waals surface area contributed by atoms with Crippen molar-refractivity contribution in [2.75, 3.05) is 11.0 Å². The van der Waals surface area contributed by atoms with Crippen LogP contribution in [0.15, 0.2) is 12.2 Å². The predicted octanol–water partition coefficient (Wildman–Crippen LogP) is 3.49. The first-order valence-corrected chi connectivity index (χ1v) is 6.73. The highest BCUT2D eigenvalue weighted by Crippen LogP contribution is 2.05. The van der Waals surface area contributed by atoms with Crippen molar-refractivity contribution in [3.8, 4) is 0 Å². The topological polar surface area (TPSA) is 26.3 Å². The second-order valence-corrected chi connectivity index (χ2v) is 4.13. The maximum absolute atomic E-state index is 10.9. The van der Waals surface area contributed by atoms with Crippen LogP contribution in [0.2, 0.25) is 0 Å². The minimum Gasteiger partial charge on any atom is -0.463 e. The molecule has 0 saturated carbocycles. The van der Waals surface area contributed by atoms with Crippen LogP contribution < -0.4 is 0 Å². The van der Waals surface area contributed by atoms with Gasteiger partial charge in [0.2, 0.25) is 0 Å². The highest BCUT2D eigenvalue weighted by molar-refractivity contribution is 14.1. The van der Waals surface area contributed by atoms with Crippen LogP contribution >= 0.6 is 22.6 Å². The number of hydrogen-bond donors (Lipinski definition) is 0. The van der Waals surface area contributed by atoms with E-state index in [-0.39, 0.29) is 5.97 Å². The molecule has 0 fully saturated rings. The van der Waals surface area contributed by atoms with E-state index in [9.17, 15) is 4.79 Å². The van der Waals surface area contributed by atoms with Gasteiger partial charge in [-0.15, -0.1) is 0 Å². The van der Waals surface area contributed by atoms with Crippen molar-refractivity contribution in [3.63, 3.8) is 0 Å². The van der Waals surface area contributed by atoms with Gasteiger partial charge < -0.3 is 4.74 Å². The number of halogens is 1. The summed E-state index contributed by atoms with van der Waals surface area (Å²) in [5.41, 5.74) is 0. The SMILES string of the molecule is CCOC(=O)/C=C/CCCCCCI. The Kier molecular flexibility index (Phi) is 11.0. The Morgan fingerprint density at radius 3 is 2.64 bits per heavy atom. The first-order valence-electron chi connectivity index (χ1n) is 5.20. The van der Waals surface area contributed by atoms with Crippen LogP contribution in [-0.2, 0) is 9.53 Å². The molecule has 0 unspecified atom stereocenters. The van der Waals surface area contributed by atoms with Crippen molar-refractivity contribution in [1.82, 2.24) is 0 Å². The molecular weight excluding hydrogens is 291 g/mol. The highest BCUT2D eigenvalue weighted by Gasteiger charge is 1.92. The Morgan fingerprint density at radius 2 is 2.00 bits per heavy atom. The first kappa shape index (κ1) is 13.9. The fraction of sp³-hybridized carbons (Fsp3) is 0.727. The molecule has 0 rings (SSSR count). The zero-order valence-corrected chi connectivity index (χ0v) is 11.0. The van der Waals surface area contributed by atoms with E-state index in [1.807, 2.05) is 13.0 Å². The van der Waals surface area contributed by atoms with Crippen LogP contribution in [0.1, 0.15) is 39.0 Å². The van der Waals surface area contributed by atoms with E-state index in [2.05, 4.69) is 22.6 Å². The zero-order chi connectivity index (χ0) is 10.6. The summed E-state index contributed by atoms with van der Waals surface area (Å²) in [5.74, 6) is -0.222. The molecule has 0 aliphatic rings. The van der Waals surface area contributed by atoms with Crippen molar-refractivity contribution in [2.24, 2.45) is 0 Å². The predicted molar refractivity (Wildman–Crippen MR) is 67.7 cm³/mol. The summed E-state index contributed by atoms with van der Waals surface area (Å²) in [4.78, 5) is 10.9. The van der Waals surface area contributed by atoms with Gasteiger partial charge in [-0.1, -0.05) is 41.5 Å². The normalized spacial score (nSPS) is 10.7. The summed E-state index contributed by atoms with van der Waals surface area (Å²) < 4.78 is 6.01. The Labute approximate surface area is 100 Å². The summed E-state index contributed by atoms with van der Waals surface area (Å²) in [7, 11) is 0. The quantitative estimate of drug-likeness (QED) is 0.225. The van der Waals surface area contributed by atoms with Crippen LogP contribution in [-0.4, -0.2) is 17.0 Å². The molecule has 0 saturated heterocycles. The number of esters is 1. The van der Waals surface area contributed by atoms with E-state index in [0.717, 1.165) is 6.42 Å². The minimum absolute atomic E-state index is 0.222. The average Bonchev–Trinajstić information content (AvgIpc) is 2.17. The number of hydrogen-bond acceptors (Lipinski definition) is 2. The molecule has 0 atom stereocenters. The molecule has 0 N–H and O–H groups in total. The number of unbranched alkanes of at least 4 members (excludes halogenated alkanes) is 4. The van der Waals surface area contributed by atoms with Gasteiger partial charge in [0.25, 0.3) is 0 Å². The molecule has 0 aromatic rings. The van der Waals surface area contributed by atoms with Gasteiger partial charge in [-0.3, -0.25) is 0 Å². The first-order chi connectivity index (χ1) is 6.81. The third-order valence-corrected chi connectivity index (χ3v) is 2.56. The van der Waals surface area contributed by atoms with Gasteiger partial charge in [0.1, 0.15) is 0 Å². The zero-order valence-electron chi connectivity index (χ0n) is 8.80. The van der Waals surface area contributed by atoms with Gasteiger partial charge in [0, 0.05) is 6.08 Å². The number of alkyl halides is 1. The maximum atomic E-state index is 10.9. The van der Waals surface area contributed by atoms with Crippen molar-refractivity contribution < 1.29 is 9.53 Å². The molecule has 0 amide bonds. The lowest BCUT2D eigenvalue weighted by atomic mass is 10.1. The third kappa shape index (κ3) is 10.0. The van der Waals surface area contributed by atoms with Crippen LogP contribution in [0, 0.1) is 0 Å². The Morgan fingerprint density at radius 1 is 1.29 bits per heavy atom. The molecule has 2 nitrogen and oxygen atoms in total. The molecule has 0 aromatic heterocycles. The molecule has 0 aliphatic carbocycles. The monoisotopic (exact) mass is 310 g/mol. The van der Waals surface area contributed by atoms with Crippen LogP contribution in [0.3, 0.4) is 0 Å². The Hall–Kier alpha value is -0.0600. The lowest BCUT2D eigenvalue weighted by Crippen LogP contribution is -1.98. The maximum Gasteiger partial charge on any atom is 0.330 e. The molecule has 0 radical (unpaired) electrons. The number of carbonyl (C=O) groups excluding carboxylic acids is 1. The van der Waals surface area contributed by atoms with Crippen molar-refractivity contribution in [2.45, 2.75) is 39.0 Å². The smallest absolute Gasteiger partial charge is 0.330 e. The molecule has 14 heavy (non-hydrogen) atoms. The van der Waals surface area contributed by atoms with Crippen molar-refractivity contribution in [3.05, 3.63) is 12.2 Å². The van der Waals surface area contributed by atoms with Gasteiger partial charge in [0.15, 0.2) is 0 Å². The molecule has 0 aromatic carbocycles. The summed E-state index contributed by atoms with van der Waals surface area (Å²) in [6.45, 7) is 2.27. The van der Waals surface area contributed by atoms with Crippen molar-refractivity contribution in [1.29, 1.82) is 0 Å². The van der Waals surface area contributed by atoms with Gasteiger partial charge in [-0.05, 0) is 30.6 Å². The highest BCUT2D eigenvalue weighted by atomic mass is 127. The summed E-state index contributed by atoms with van der Waals surface area (Å²) in [6.07, 6.45) is 9.46.